The standard InChI is InChI=1S/C13H20ClN3/c1-2-4-11-9-12(10-16-13(11)14)17-7-3-5-15-6-8-17/h9-10,15H,2-8H2,1H3. The molecule has 1 N–H and O–H groups in total. The lowest BCUT2D eigenvalue weighted by molar-refractivity contribution is 0.724. The second kappa shape index (κ2) is 6.22. The molecule has 1 fully saturated rings. The highest BCUT2D eigenvalue weighted by molar-refractivity contribution is 6.30. The number of aryl methyl sites for hydroxylation is 1. The number of hydrogen-bond acceptors (Lipinski definition) is 3. The lowest BCUT2D eigenvalue weighted by atomic mass is 10.1. The van der Waals surface area contributed by atoms with E-state index < -0.39 is 0 Å². The van der Waals surface area contributed by atoms with Crippen LogP contribution in [-0.2, 0) is 6.42 Å². The minimum Gasteiger partial charge on any atom is -0.369 e. The Morgan fingerprint density at radius 3 is 3.12 bits per heavy atom. The summed E-state index contributed by atoms with van der Waals surface area (Å²) in [6, 6.07) is 2.20. The number of nitrogens with one attached hydrogen (secondary N) is 1. The number of pyridine rings is 1. The van der Waals surface area contributed by atoms with E-state index >= 15 is 0 Å². The zero-order valence-corrected chi connectivity index (χ0v) is 11.1. The molecule has 0 atom stereocenters. The Labute approximate surface area is 108 Å². The highest BCUT2D eigenvalue weighted by Crippen LogP contribution is 2.22. The molecule has 0 radical (unpaired) electrons. The number of anilines is 1. The molecule has 2 heterocycles. The smallest absolute Gasteiger partial charge is 0.132 e. The van der Waals surface area contributed by atoms with Gasteiger partial charge in [-0.05, 0) is 31.0 Å². The van der Waals surface area contributed by atoms with Gasteiger partial charge in [0.2, 0.25) is 0 Å². The maximum Gasteiger partial charge on any atom is 0.132 e. The van der Waals surface area contributed by atoms with Crippen LogP contribution < -0.4 is 10.2 Å². The topological polar surface area (TPSA) is 28.2 Å². The van der Waals surface area contributed by atoms with Crippen molar-refractivity contribution in [2.24, 2.45) is 0 Å². The van der Waals surface area contributed by atoms with Crippen molar-refractivity contribution in [3.63, 3.8) is 0 Å². The van der Waals surface area contributed by atoms with Crippen LogP contribution in [-0.4, -0.2) is 31.2 Å². The molecule has 0 aliphatic carbocycles. The van der Waals surface area contributed by atoms with E-state index in [0.717, 1.165) is 39.0 Å². The van der Waals surface area contributed by atoms with E-state index in [4.69, 9.17) is 11.6 Å². The molecule has 17 heavy (non-hydrogen) atoms. The predicted octanol–water partition coefficient (Wildman–Crippen LogP) is 2.49. The molecule has 1 aromatic rings. The molecule has 94 valence electrons. The zero-order chi connectivity index (χ0) is 12.1. The molecule has 0 bridgehead atoms. The van der Waals surface area contributed by atoms with Gasteiger partial charge in [0, 0.05) is 19.6 Å². The van der Waals surface area contributed by atoms with Crippen LogP contribution in [0.1, 0.15) is 25.3 Å². The zero-order valence-electron chi connectivity index (χ0n) is 10.4. The molecular formula is C13H20ClN3. The Bertz CT molecular complexity index is 360. The monoisotopic (exact) mass is 253 g/mol. The molecule has 1 saturated heterocycles. The molecule has 4 heteroatoms. The van der Waals surface area contributed by atoms with Crippen LogP contribution in [0.25, 0.3) is 0 Å². The van der Waals surface area contributed by atoms with Gasteiger partial charge in [-0.2, -0.15) is 0 Å². The summed E-state index contributed by atoms with van der Waals surface area (Å²) in [7, 11) is 0. The summed E-state index contributed by atoms with van der Waals surface area (Å²) in [6.07, 6.45) is 5.19. The minimum absolute atomic E-state index is 0.656. The van der Waals surface area contributed by atoms with Gasteiger partial charge in [0.05, 0.1) is 11.9 Å². The van der Waals surface area contributed by atoms with Crippen LogP contribution in [0.4, 0.5) is 5.69 Å². The SMILES string of the molecule is CCCc1cc(N2CCCNCC2)cnc1Cl. The average molecular weight is 254 g/mol. The van der Waals surface area contributed by atoms with E-state index in [2.05, 4.69) is 28.2 Å². The van der Waals surface area contributed by atoms with Crippen molar-refractivity contribution in [1.29, 1.82) is 0 Å². The van der Waals surface area contributed by atoms with Crippen molar-refractivity contribution in [2.75, 3.05) is 31.1 Å². The van der Waals surface area contributed by atoms with Gasteiger partial charge in [-0.25, -0.2) is 4.98 Å². The molecule has 1 aliphatic heterocycles. The van der Waals surface area contributed by atoms with Crippen LogP contribution in [0.5, 0.6) is 0 Å². The van der Waals surface area contributed by atoms with Crippen LogP contribution >= 0.6 is 11.6 Å². The lowest BCUT2D eigenvalue weighted by Crippen LogP contribution is -2.28. The van der Waals surface area contributed by atoms with E-state index in [9.17, 15) is 0 Å². The van der Waals surface area contributed by atoms with Gasteiger partial charge in [0.15, 0.2) is 0 Å². The molecule has 2 rings (SSSR count). The largest absolute Gasteiger partial charge is 0.369 e. The van der Waals surface area contributed by atoms with Gasteiger partial charge in [0.1, 0.15) is 5.15 Å². The summed E-state index contributed by atoms with van der Waals surface area (Å²) in [5.41, 5.74) is 2.38. The lowest BCUT2D eigenvalue weighted by Gasteiger charge is -2.22. The number of rotatable bonds is 3. The third-order valence-electron chi connectivity index (χ3n) is 3.12. The quantitative estimate of drug-likeness (QED) is 0.839. The Morgan fingerprint density at radius 2 is 2.29 bits per heavy atom. The summed E-state index contributed by atoms with van der Waals surface area (Å²) in [5.74, 6) is 0. The highest BCUT2D eigenvalue weighted by Gasteiger charge is 2.11. The molecule has 0 aromatic carbocycles. The van der Waals surface area contributed by atoms with Gasteiger partial charge in [-0.1, -0.05) is 24.9 Å². The second-order valence-electron chi connectivity index (χ2n) is 4.48. The Hall–Kier alpha value is -0.800. The Balaban J connectivity index is 2.16. The van der Waals surface area contributed by atoms with Crippen molar-refractivity contribution < 1.29 is 0 Å². The number of hydrogen-bond donors (Lipinski definition) is 1. The van der Waals surface area contributed by atoms with Gasteiger partial charge < -0.3 is 10.2 Å². The van der Waals surface area contributed by atoms with Crippen LogP contribution in [0.3, 0.4) is 0 Å². The minimum atomic E-state index is 0.656. The summed E-state index contributed by atoms with van der Waals surface area (Å²) in [5, 5.41) is 4.07. The fraction of sp³-hybridized carbons (Fsp3) is 0.615. The van der Waals surface area contributed by atoms with Crippen molar-refractivity contribution in [3.8, 4) is 0 Å². The molecule has 0 amide bonds. The third-order valence-corrected chi connectivity index (χ3v) is 3.46. The third kappa shape index (κ3) is 3.33. The molecule has 0 unspecified atom stereocenters. The highest BCUT2D eigenvalue weighted by atomic mass is 35.5. The van der Waals surface area contributed by atoms with Crippen molar-refractivity contribution in [2.45, 2.75) is 26.2 Å². The van der Waals surface area contributed by atoms with Crippen LogP contribution in [0, 0.1) is 0 Å². The van der Waals surface area contributed by atoms with Crippen LogP contribution in [0.15, 0.2) is 12.3 Å². The van der Waals surface area contributed by atoms with Gasteiger partial charge >= 0.3 is 0 Å². The molecule has 1 aliphatic rings. The van der Waals surface area contributed by atoms with Crippen LogP contribution in [0.2, 0.25) is 5.15 Å². The van der Waals surface area contributed by atoms with E-state index in [0.29, 0.717) is 5.15 Å². The van der Waals surface area contributed by atoms with Crippen molar-refractivity contribution in [3.05, 3.63) is 23.0 Å². The maximum atomic E-state index is 6.10. The van der Waals surface area contributed by atoms with E-state index in [1.807, 2.05) is 6.20 Å². The normalized spacial score (nSPS) is 16.9. The molecule has 0 spiro atoms. The van der Waals surface area contributed by atoms with E-state index in [1.54, 1.807) is 0 Å². The van der Waals surface area contributed by atoms with E-state index in [1.165, 1.54) is 17.7 Å². The molecular weight excluding hydrogens is 234 g/mol. The maximum absolute atomic E-state index is 6.10. The first kappa shape index (κ1) is 12.7. The van der Waals surface area contributed by atoms with E-state index in [-0.39, 0.29) is 0 Å². The summed E-state index contributed by atoms with van der Waals surface area (Å²) in [4.78, 5) is 6.70. The first-order valence-corrected chi connectivity index (χ1v) is 6.79. The fourth-order valence-corrected chi connectivity index (χ4v) is 2.40. The Morgan fingerprint density at radius 1 is 1.41 bits per heavy atom. The molecule has 3 nitrogen and oxygen atoms in total. The van der Waals surface area contributed by atoms with Gasteiger partial charge in [0.25, 0.3) is 0 Å². The first-order valence-electron chi connectivity index (χ1n) is 6.41. The van der Waals surface area contributed by atoms with Gasteiger partial charge in [-0.3, -0.25) is 0 Å². The van der Waals surface area contributed by atoms with Gasteiger partial charge in [-0.15, -0.1) is 0 Å². The molecule has 1 aromatic heterocycles. The summed E-state index contributed by atoms with van der Waals surface area (Å²) >= 11 is 6.10. The second-order valence-corrected chi connectivity index (χ2v) is 4.84. The Kier molecular flexibility index (Phi) is 4.63. The average Bonchev–Trinajstić information content (AvgIpc) is 2.61. The predicted molar refractivity (Wildman–Crippen MR) is 72.9 cm³/mol. The number of aromatic nitrogens is 1. The number of halogens is 1. The van der Waals surface area contributed by atoms with Crippen molar-refractivity contribution >= 4 is 17.3 Å². The summed E-state index contributed by atoms with van der Waals surface area (Å²) < 4.78 is 0. The number of nitrogens with zero attached hydrogens (tertiary/aromatic N) is 2. The van der Waals surface area contributed by atoms with Crippen molar-refractivity contribution in [1.82, 2.24) is 10.3 Å². The first-order chi connectivity index (χ1) is 8.31. The fourth-order valence-electron chi connectivity index (χ4n) is 2.20. The molecule has 0 saturated carbocycles. The summed E-state index contributed by atoms with van der Waals surface area (Å²) in [6.45, 7) is 6.47.